The molecule has 1 aromatic rings. The van der Waals surface area contributed by atoms with Gasteiger partial charge in [0, 0.05) is 25.7 Å². The average molecular weight is 388 g/mol. The topological polar surface area (TPSA) is 61.9 Å². The van der Waals surface area contributed by atoms with Crippen molar-refractivity contribution in [3.63, 3.8) is 0 Å². The van der Waals surface area contributed by atoms with Crippen molar-refractivity contribution < 1.29 is 14.3 Å². The van der Waals surface area contributed by atoms with E-state index in [0.717, 1.165) is 58.4 Å². The van der Waals surface area contributed by atoms with Crippen LogP contribution in [-0.4, -0.2) is 67.0 Å². The number of ether oxygens (including phenoxy) is 1. The monoisotopic (exact) mass is 387 g/mol. The smallest absolute Gasteiger partial charge is 0.309 e. The van der Waals surface area contributed by atoms with Gasteiger partial charge in [0.25, 0.3) is 0 Å². The highest BCUT2D eigenvalue weighted by atomic mass is 16.5. The van der Waals surface area contributed by atoms with Crippen LogP contribution in [0.15, 0.2) is 30.3 Å². The molecule has 2 heterocycles. The second-order valence-corrected chi connectivity index (χ2v) is 7.91. The van der Waals surface area contributed by atoms with Crippen LogP contribution in [0.4, 0.5) is 0 Å². The van der Waals surface area contributed by atoms with Gasteiger partial charge >= 0.3 is 5.97 Å². The van der Waals surface area contributed by atoms with Gasteiger partial charge in [0.15, 0.2) is 0 Å². The molecule has 6 nitrogen and oxygen atoms in total. The summed E-state index contributed by atoms with van der Waals surface area (Å²) in [6.07, 6.45) is 3.57. The largest absolute Gasteiger partial charge is 0.466 e. The van der Waals surface area contributed by atoms with Crippen molar-refractivity contribution in [3.05, 3.63) is 35.9 Å². The molecule has 0 bridgehead atoms. The third kappa shape index (κ3) is 6.31. The summed E-state index contributed by atoms with van der Waals surface area (Å²) in [6.45, 7) is 7.29. The van der Waals surface area contributed by atoms with Crippen LogP contribution in [0, 0.1) is 5.92 Å². The van der Waals surface area contributed by atoms with Gasteiger partial charge in [0.1, 0.15) is 0 Å². The summed E-state index contributed by atoms with van der Waals surface area (Å²) in [5.74, 6) is 0.0122. The minimum Gasteiger partial charge on any atom is -0.466 e. The lowest BCUT2D eigenvalue weighted by molar-refractivity contribution is -0.149. The molecule has 6 heteroatoms. The van der Waals surface area contributed by atoms with E-state index in [2.05, 4.69) is 39.4 Å². The van der Waals surface area contributed by atoms with Gasteiger partial charge < -0.3 is 10.1 Å². The number of nitrogens with zero attached hydrogens (tertiary/aromatic N) is 2. The fraction of sp³-hybridized carbons (Fsp3) is 0.636. The Kier molecular flexibility index (Phi) is 7.86. The molecule has 0 unspecified atom stereocenters. The molecule has 1 amide bonds. The van der Waals surface area contributed by atoms with E-state index < -0.39 is 0 Å². The summed E-state index contributed by atoms with van der Waals surface area (Å²) in [5.41, 5.74) is 1.34. The number of esters is 1. The predicted octanol–water partition coefficient (Wildman–Crippen LogP) is 2.04. The van der Waals surface area contributed by atoms with Crippen molar-refractivity contribution in [1.29, 1.82) is 0 Å². The van der Waals surface area contributed by atoms with E-state index >= 15 is 0 Å². The highest BCUT2D eigenvalue weighted by Gasteiger charge is 2.27. The molecule has 0 aliphatic carbocycles. The van der Waals surface area contributed by atoms with Gasteiger partial charge in [-0.05, 0) is 51.3 Å². The number of hydrogen-bond donors (Lipinski definition) is 1. The van der Waals surface area contributed by atoms with Crippen LogP contribution >= 0.6 is 0 Å². The normalized spacial score (nSPS) is 20.0. The molecule has 2 fully saturated rings. The van der Waals surface area contributed by atoms with Crippen molar-refractivity contribution in [2.24, 2.45) is 5.92 Å². The van der Waals surface area contributed by atoms with Crippen molar-refractivity contribution in [1.82, 2.24) is 15.1 Å². The first-order chi connectivity index (χ1) is 13.6. The Morgan fingerprint density at radius 2 is 1.64 bits per heavy atom. The summed E-state index contributed by atoms with van der Waals surface area (Å²) < 4.78 is 5.10. The Morgan fingerprint density at radius 3 is 2.29 bits per heavy atom. The van der Waals surface area contributed by atoms with Gasteiger partial charge in [-0.1, -0.05) is 30.3 Å². The maximum atomic E-state index is 12.4. The molecule has 2 aliphatic heterocycles. The molecular formula is C22H33N3O3. The lowest BCUT2D eigenvalue weighted by Crippen LogP contribution is -2.48. The van der Waals surface area contributed by atoms with Crippen LogP contribution in [-0.2, 0) is 20.9 Å². The van der Waals surface area contributed by atoms with Crippen LogP contribution in [0.25, 0.3) is 0 Å². The molecular weight excluding hydrogens is 354 g/mol. The third-order valence-electron chi connectivity index (χ3n) is 5.78. The molecule has 1 N–H and O–H groups in total. The first kappa shape index (κ1) is 20.8. The third-order valence-corrected chi connectivity index (χ3v) is 5.78. The molecule has 2 saturated heterocycles. The molecule has 154 valence electrons. The van der Waals surface area contributed by atoms with Crippen molar-refractivity contribution in [2.75, 3.05) is 39.3 Å². The lowest BCUT2D eigenvalue weighted by Gasteiger charge is -2.34. The fourth-order valence-electron chi connectivity index (χ4n) is 4.14. The van der Waals surface area contributed by atoms with Crippen LogP contribution < -0.4 is 5.32 Å². The van der Waals surface area contributed by atoms with Gasteiger partial charge in [-0.3, -0.25) is 19.4 Å². The van der Waals surface area contributed by atoms with E-state index in [1.54, 1.807) is 0 Å². The lowest BCUT2D eigenvalue weighted by atomic mass is 9.97. The number of amides is 1. The van der Waals surface area contributed by atoms with Crippen molar-refractivity contribution >= 4 is 11.9 Å². The number of hydrogen-bond acceptors (Lipinski definition) is 5. The first-order valence-electron chi connectivity index (χ1n) is 10.6. The molecule has 0 radical (unpaired) electrons. The van der Waals surface area contributed by atoms with Crippen molar-refractivity contribution in [3.8, 4) is 0 Å². The Labute approximate surface area is 168 Å². The number of rotatable bonds is 7. The molecule has 0 spiro atoms. The van der Waals surface area contributed by atoms with E-state index in [1.165, 1.54) is 5.56 Å². The SMILES string of the molecule is CCOC(=O)C1CCN(CC(=O)NC2CCN(Cc3ccccc3)CC2)CC1. The van der Waals surface area contributed by atoms with Crippen LogP contribution in [0.2, 0.25) is 0 Å². The number of carbonyl (C=O) groups excluding carboxylic acids is 2. The van der Waals surface area contributed by atoms with E-state index in [4.69, 9.17) is 4.74 Å². The number of likely N-dealkylation sites (tertiary alicyclic amines) is 2. The average Bonchev–Trinajstić information content (AvgIpc) is 2.71. The van der Waals surface area contributed by atoms with Gasteiger partial charge in [-0.25, -0.2) is 0 Å². The van der Waals surface area contributed by atoms with E-state index in [0.29, 0.717) is 13.2 Å². The molecule has 0 atom stereocenters. The second-order valence-electron chi connectivity index (χ2n) is 7.91. The van der Waals surface area contributed by atoms with Crippen LogP contribution in [0.3, 0.4) is 0 Å². The molecule has 1 aromatic carbocycles. The minimum atomic E-state index is -0.0890. The number of nitrogens with one attached hydrogen (secondary N) is 1. The Balaban J connectivity index is 1.32. The zero-order valence-electron chi connectivity index (χ0n) is 16.9. The molecule has 0 aromatic heterocycles. The first-order valence-corrected chi connectivity index (χ1v) is 10.6. The molecule has 2 aliphatic rings. The number of piperidine rings is 2. The standard InChI is InChI=1S/C22H33N3O3/c1-2-28-22(27)19-8-12-25(13-9-19)17-21(26)23-20-10-14-24(15-11-20)16-18-6-4-3-5-7-18/h3-7,19-20H,2,8-17H2,1H3,(H,23,26). The van der Waals surface area contributed by atoms with Gasteiger partial charge in [0.2, 0.25) is 5.91 Å². The zero-order valence-corrected chi connectivity index (χ0v) is 16.9. The Morgan fingerprint density at radius 1 is 1.00 bits per heavy atom. The number of carbonyl (C=O) groups is 2. The summed E-state index contributed by atoms with van der Waals surface area (Å²) in [5, 5.41) is 3.21. The van der Waals surface area contributed by atoms with Gasteiger partial charge in [0.05, 0.1) is 19.1 Å². The minimum absolute atomic E-state index is 0.00629. The van der Waals surface area contributed by atoms with Gasteiger partial charge in [-0.2, -0.15) is 0 Å². The van der Waals surface area contributed by atoms with Crippen molar-refractivity contribution in [2.45, 2.75) is 45.2 Å². The summed E-state index contributed by atoms with van der Waals surface area (Å²) >= 11 is 0. The highest BCUT2D eigenvalue weighted by Crippen LogP contribution is 2.19. The highest BCUT2D eigenvalue weighted by molar-refractivity contribution is 5.78. The van der Waals surface area contributed by atoms with E-state index in [9.17, 15) is 9.59 Å². The zero-order chi connectivity index (χ0) is 19.8. The maximum Gasteiger partial charge on any atom is 0.309 e. The summed E-state index contributed by atoms with van der Waals surface area (Å²) in [7, 11) is 0. The molecule has 0 saturated carbocycles. The maximum absolute atomic E-state index is 12.4. The van der Waals surface area contributed by atoms with Crippen LogP contribution in [0.1, 0.15) is 38.2 Å². The Bertz CT molecular complexity index is 621. The number of benzene rings is 1. The fourth-order valence-corrected chi connectivity index (χ4v) is 4.14. The van der Waals surface area contributed by atoms with Gasteiger partial charge in [-0.15, -0.1) is 0 Å². The quantitative estimate of drug-likeness (QED) is 0.726. The van der Waals surface area contributed by atoms with Crippen LogP contribution in [0.5, 0.6) is 0 Å². The Hall–Kier alpha value is -1.92. The van der Waals surface area contributed by atoms with E-state index in [-0.39, 0.29) is 23.8 Å². The summed E-state index contributed by atoms with van der Waals surface area (Å²) in [4.78, 5) is 28.8. The predicted molar refractivity (Wildman–Crippen MR) is 109 cm³/mol. The van der Waals surface area contributed by atoms with E-state index in [1.807, 2.05) is 13.0 Å². The summed E-state index contributed by atoms with van der Waals surface area (Å²) in [6, 6.07) is 10.8. The second kappa shape index (κ2) is 10.6. The molecule has 3 rings (SSSR count). The molecule has 28 heavy (non-hydrogen) atoms.